The molecule has 0 saturated carbocycles. The summed E-state index contributed by atoms with van der Waals surface area (Å²) < 4.78 is 0. The zero-order chi connectivity index (χ0) is 13.5. The molecule has 3 aliphatic heterocycles. The molecule has 20 heavy (non-hydrogen) atoms. The molecule has 0 amide bonds. The van der Waals surface area contributed by atoms with Crippen LogP contribution < -0.4 is 4.90 Å². The topological polar surface area (TPSA) is 19.4 Å². The molecule has 102 valence electrons. The molecule has 5 rings (SSSR count). The van der Waals surface area contributed by atoms with Crippen LogP contribution in [0.25, 0.3) is 11.1 Å². The maximum Gasteiger partial charge on any atom is 0.128 e. The third-order valence-corrected chi connectivity index (χ3v) is 4.51. The van der Waals surface area contributed by atoms with Crippen molar-refractivity contribution in [3.8, 4) is 11.1 Å². The van der Waals surface area contributed by atoms with Gasteiger partial charge in [0.1, 0.15) is 5.82 Å². The number of rotatable bonds is 2. The summed E-state index contributed by atoms with van der Waals surface area (Å²) in [6, 6.07) is 12.8. The highest BCUT2D eigenvalue weighted by Crippen LogP contribution is 2.27. The van der Waals surface area contributed by atoms with E-state index in [4.69, 9.17) is 11.6 Å². The van der Waals surface area contributed by atoms with Crippen LogP contribution in [-0.2, 0) is 0 Å². The Kier molecular flexibility index (Phi) is 2.90. The van der Waals surface area contributed by atoms with E-state index >= 15 is 0 Å². The van der Waals surface area contributed by atoms with Gasteiger partial charge in [0.2, 0.25) is 0 Å². The summed E-state index contributed by atoms with van der Waals surface area (Å²) in [5, 5.41) is 0.765. The molecule has 3 fully saturated rings. The second kappa shape index (κ2) is 4.76. The Morgan fingerprint density at radius 1 is 0.950 bits per heavy atom. The van der Waals surface area contributed by atoms with Crippen molar-refractivity contribution in [1.82, 2.24) is 9.88 Å². The van der Waals surface area contributed by atoms with E-state index in [2.05, 4.69) is 26.9 Å². The van der Waals surface area contributed by atoms with E-state index in [1.165, 1.54) is 13.1 Å². The van der Waals surface area contributed by atoms with Gasteiger partial charge in [-0.1, -0.05) is 23.7 Å². The predicted molar refractivity (Wildman–Crippen MR) is 82.3 cm³/mol. The van der Waals surface area contributed by atoms with Gasteiger partial charge in [-0.3, -0.25) is 4.90 Å². The zero-order valence-electron chi connectivity index (χ0n) is 11.2. The summed E-state index contributed by atoms with van der Waals surface area (Å²) in [5.41, 5.74) is 2.29. The molecular formula is C16H16ClN3. The summed E-state index contributed by atoms with van der Waals surface area (Å²) in [4.78, 5) is 9.58. The predicted octanol–water partition coefficient (Wildman–Crippen LogP) is 2.91. The first-order valence-corrected chi connectivity index (χ1v) is 7.38. The molecule has 0 atom stereocenters. The van der Waals surface area contributed by atoms with Crippen molar-refractivity contribution in [2.24, 2.45) is 0 Å². The lowest BCUT2D eigenvalue weighted by Crippen LogP contribution is -2.66. The molecule has 0 N–H and O–H groups in total. The number of hydrogen-bond donors (Lipinski definition) is 0. The van der Waals surface area contributed by atoms with Crippen LogP contribution in [0.5, 0.6) is 0 Å². The van der Waals surface area contributed by atoms with E-state index in [9.17, 15) is 0 Å². The number of pyridine rings is 1. The fourth-order valence-electron chi connectivity index (χ4n) is 3.02. The van der Waals surface area contributed by atoms with Crippen molar-refractivity contribution in [3.63, 3.8) is 0 Å². The summed E-state index contributed by atoms with van der Waals surface area (Å²) in [5.74, 6) is 1.10. The molecule has 3 nitrogen and oxygen atoms in total. The fourth-order valence-corrected chi connectivity index (χ4v) is 3.15. The summed E-state index contributed by atoms with van der Waals surface area (Å²) >= 11 is 5.92. The second-order valence-corrected chi connectivity index (χ2v) is 5.96. The molecule has 4 heterocycles. The number of anilines is 1. The van der Waals surface area contributed by atoms with Crippen LogP contribution in [0.15, 0.2) is 42.6 Å². The van der Waals surface area contributed by atoms with Crippen LogP contribution >= 0.6 is 11.6 Å². The third kappa shape index (κ3) is 2.07. The average molecular weight is 286 g/mol. The largest absolute Gasteiger partial charge is 0.350 e. The van der Waals surface area contributed by atoms with Crippen molar-refractivity contribution < 1.29 is 0 Å². The normalized spacial score (nSPS) is 24.4. The molecule has 4 heteroatoms. The standard InChI is InChI=1S/C16H16ClN3/c17-14-4-1-12(2-5-14)13-3-6-16(18-9-13)20-8-7-19-10-15(20)11-19/h1-6,9,15H,7-8,10-11H2. The highest BCUT2D eigenvalue weighted by atomic mass is 35.5. The van der Waals surface area contributed by atoms with Crippen molar-refractivity contribution in [1.29, 1.82) is 0 Å². The molecule has 1 aromatic heterocycles. The Hall–Kier alpha value is -1.58. The Bertz CT molecular complexity index is 600. The number of halogens is 1. The molecular weight excluding hydrogens is 270 g/mol. The lowest BCUT2D eigenvalue weighted by atomic mass is 10.0. The minimum atomic E-state index is 0.664. The van der Waals surface area contributed by atoms with E-state index in [0.29, 0.717) is 6.04 Å². The number of benzene rings is 1. The Balaban J connectivity index is 1.57. The van der Waals surface area contributed by atoms with Crippen LogP contribution in [0.3, 0.4) is 0 Å². The van der Waals surface area contributed by atoms with Crippen LogP contribution in [0.2, 0.25) is 5.02 Å². The van der Waals surface area contributed by atoms with Crippen molar-refractivity contribution >= 4 is 17.4 Å². The maximum absolute atomic E-state index is 5.92. The number of piperazine rings is 2. The molecule has 3 saturated heterocycles. The summed E-state index contributed by atoms with van der Waals surface area (Å²) in [6.45, 7) is 4.65. The van der Waals surface area contributed by atoms with Gasteiger partial charge in [-0.15, -0.1) is 0 Å². The Morgan fingerprint density at radius 2 is 1.70 bits per heavy atom. The molecule has 1 aromatic carbocycles. The second-order valence-electron chi connectivity index (χ2n) is 5.52. The van der Waals surface area contributed by atoms with E-state index < -0.39 is 0 Å². The molecule has 0 radical (unpaired) electrons. The van der Waals surface area contributed by atoms with Gasteiger partial charge < -0.3 is 4.90 Å². The summed E-state index contributed by atoms with van der Waals surface area (Å²) in [7, 11) is 0. The van der Waals surface area contributed by atoms with Crippen molar-refractivity contribution in [3.05, 3.63) is 47.6 Å². The van der Waals surface area contributed by atoms with Crippen LogP contribution in [0.1, 0.15) is 0 Å². The van der Waals surface area contributed by atoms with E-state index in [1.807, 2.05) is 30.5 Å². The van der Waals surface area contributed by atoms with Gasteiger partial charge >= 0.3 is 0 Å². The minimum absolute atomic E-state index is 0.664. The van der Waals surface area contributed by atoms with Crippen molar-refractivity contribution in [2.45, 2.75) is 6.04 Å². The van der Waals surface area contributed by atoms with E-state index in [0.717, 1.165) is 35.1 Å². The number of aromatic nitrogens is 1. The minimum Gasteiger partial charge on any atom is -0.350 e. The maximum atomic E-state index is 5.92. The Morgan fingerprint density at radius 3 is 2.30 bits per heavy atom. The molecule has 0 unspecified atom stereocenters. The molecule has 3 aliphatic rings. The smallest absolute Gasteiger partial charge is 0.128 e. The monoisotopic (exact) mass is 285 g/mol. The first-order chi connectivity index (χ1) is 9.79. The number of hydrogen-bond acceptors (Lipinski definition) is 3. The first kappa shape index (κ1) is 12.2. The third-order valence-electron chi connectivity index (χ3n) is 4.26. The molecule has 0 spiro atoms. The van der Waals surface area contributed by atoms with Crippen LogP contribution in [0, 0.1) is 0 Å². The first-order valence-electron chi connectivity index (χ1n) is 7.00. The van der Waals surface area contributed by atoms with E-state index in [1.54, 1.807) is 0 Å². The Labute approximate surface area is 123 Å². The quantitative estimate of drug-likeness (QED) is 0.846. The number of fused-ring (bicyclic) bond motifs is 2. The molecule has 2 bridgehead atoms. The lowest BCUT2D eigenvalue weighted by Gasteiger charge is -2.51. The highest BCUT2D eigenvalue weighted by Gasteiger charge is 2.37. The summed E-state index contributed by atoms with van der Waals surface area (Å²) in [6.07, 6.45) is 1.96. The van der Waals surface area contributed by atoms with Gasteiger partial charge in [-0.05, 0) is 29.8 Å². The van der Waals surface area contributed by atoms with Crippen LogP contribution in [-0.4, -0.2) is 42.1 Å². The van der Waals surface area contributed by atoms with Crippen molar-refractivity contribution in [2.75, 3.05) is 31.1 Å². The highest BCUT2D eigenvalue weighted by molar-refractivity contribution is 6.30. The van der Waals surface area contributed by atoms with Gasteiger partial charge in [0.15, 0.2) is 0 Å². The van der Waals surface area contributed by atoms with Gasteiger partial charge in [-0.2, -0.15) is 0 Å². The molecule has 0 aliphatic carbocycles. The number of nitrogens with zero attached hydrogens (tertiary/aromatic N) is 3. The van der Waals surface area contributed by atoms with Gasteiger partial charge in [0, 0.05) is 43.0 Å². The lowest BCUT2D eigenvalue weighted by molar-refractivity contribution is 0.109. The van der Waals surface area contributed by atoms with Gasteiger partial charge in [-0.25, -0.2) is 4.98 Å². The van der Waals surface area contributed by atoms with E-state index in [-0.39, 0.29) is 0 Å². The average Bonchev–Trinajstić information content (AvgIpc) is 2.48. The molecule has 2 aromatic rings. The zero-order valence-corrected chi connectivity index (χ0v) is 11.9. The van der Waals surface area contributed by atoms with Crippen LogP contribution in [0.4, 0.5) is 5.82 Å². The SMILES string of the molecule is Clc1ccc(-c2ccc(N3CCN4CC3C4)nc2)cc1. The van der Waals surface area contributed by atoms with Gasteiger partial charge in [0.05, 0.1) is 6.04 Å². The van der Waals surface area contributed by atoms with Gasteiger partial charge in [0.25, 0.3) is 0 Å². The fraction of sp³-hybridized carbons (Fsp3) is 0.312.